The molecule has 0 heterocycles. The molecule has 0 radical (unpaired) electrons. The van der Waals surface area contributed by atoms with Crippen molar-refractivity contribution in [1.82, 2.24) is 0 Å². The lowest BCUT2D eigenvalue weighted by Gasteiger charge is -2.38. The minimum atomic E-state index is -7.88. The maximum atomic E-state index is 15.1. The normalized spacial score (nSPS) is 18.3. The van der Waals surface area contributed by atoms with Crippen LogP contribution in [0.3, 0.4) is 0 Å². The highest BCUT2D eigenvalue weighted by atomic mass is 19.4. The third-order valence-electron chi connectivity index (χ3n) is 5.09. The van der Waals surface area contributed by atoms with Gasteiger partial charge in [-0.25, -0.2) is 43.9 Å². The van der Waals surface area contributed by atoms with E-state index in [2.05, 4.69) is 30.9 Å². The Balaban J connectivity index is 6.79. The number of aliphatic hydroxyl groups is 1. The maximum absolute atomic E-state index is 15.1. The molecule has 0 aromatic heterocycles. The van der Waals surface area contributed by atoms with E-state index >= 15 is 4.39 Å². The first-order chi connectivity index (χ1) is 22.8. The van der Waals surface area contributed by atoms with Crippen LogP contribution in [-0.4, -0.2) is 67.7 Å². The monoisotopic (exact) mass is 780 g/mol. The zero-order valence-electron chi connectivity index (χ0n) is 23.8. The number of alkyl halides is 11. The minimum absolute atomic E-state index is 0.350. The smallest absolute Gasteiger partial charge is 0.460 e. The topological polar surface area (TPSA) is 75.6 Å². The van der Waals surface area contributed by atoms with Gasteiger partial charge in [0.15, 0.2) is 29.4 Å². The van der Waals surface area contributed by atoms with Gasteiger partial charge < -0.3 is 19.5 Å². The highest BCUT2D eigenvalue weighted by Gasteiger charge is 2.79. The number of halogens is 19. The fourth-order valence-electron chi connectivity index (χ4n) is 2.74. The molecule has 0 aliphatic heterocycles. The Morgan fingerprint density at radius 2 is 1.24 bits per heavy atom. The molecule has 3 unspecified atom stereocenters. The molecule has 0 fully saturated rings. The van der Waals surface area contributed by atoms with Crippen LogP contribution in [0.2, 0.25) is 0 Å². The van der Waals surface area contributed by atoms with Crippen LogP contribution in [0.4, 0.5) is 83.4 Å². The van der Waals surface area contributed by atoms with Crippen molar-refractivity contribution >= 4 is 0 Å². The molecule has 26 heteroatoms. The number of rotatable bonds is 21. The van der Waals surface area contributed by atoms with Crippen molar-refractivity contribution in [2.75, 3.05) is 26.5 Å². The van der Waals surface area contributed by atoms with Crippen LogP contribution in [0.25, 0.3) is 0 Å². The van der Waals surface area contributed by atoms with Crippen LogP contribution in [0.5, 0.6) is 0 Å². The fourth-order valence-corrected chi connectivity index (χ4v) is 2.74. The van der Waals surface area contributed by atoms with Crippen molar-refractivity contribution < 1.29 is 118 Å². The summed E-state index contributed by atoms with van der Waals surface area (Å²) in [5, 5.41) is 12.5. The molecule has 50 heavy (non-hydrogen) atoms. The average Bonchev–Trinajstić information content (AvgIpc) is 3.03. The van der Waals surface area contributed by atoms with Gasteiger partial charge in [0.05, 0.1) is 6.61 Å². The third kappa shape index (κ3) is 11.7. The molecule has 0 saturated heterocycles. The Kier molecular flexibility index (Phi) is 17.7. The number of ether oxygens (including phenoxy) is 3. The second-order valence-corrected chi connectivity index (χ2v) is 8.58. The molecule has 0 amide bonds. The first-order valence-electron chi connectivity index (χ1n) is 12.3. The average molecular weight is 780 g/mol. The van der Waals surface area contributed by atoms with Gasteiger partial charge >= 0.3 is 30.0 Å². The van der Waals surface area contributed by atoms with E-state index in [9.17, 15) is 79.0 Å². The van der Waals surface area contributed by atoms with Gasteiger partial charge in [-0.15, -0.1) is 0 Å². The van der Waals surface area contributed by atoms with Gasteiger partial charge in [0, 0.05) is 13.0 Å². The lowest BCUT2D eigenvalue weighted by atomic mass is 10.0. The molecule has 0 aromatic rings. The molecule has 290 valence electrons. The largest absolute Gasteiger partial charge is 0.512 e. The van der Waals surface area contributed by atoms with Crippen LogP contribution >= 0.6 is 0 Å². The summed E-state index contributed by atoms with van der Waals surface area (Å²) in [6.45, 7) is -2.29. The number of hydrogen-bond acceptors (Lipinski definition) is 7. The van der Waals surface area contributed by atoms with E-state index in [-0.39, 0.29) is 0 Å². The molecule has 0 spiro atoms. The quantitative estimate of drug-likeness (QED) is 0.0311. The van der Waals surface area contributed by atoms with Crippen molar-refractivity contribution in [2.45, 2.75) is 48.9 Å². The van der Waals surface area contributed by atoms with Gasteiger partial charge in [-0.1, -0.05) is 6.58 Å². The van der Waals surface area contributed by atoms with Crippen molar-refractivity contribution in [1.29, 1.82) is 0 Å². The highest BCUT2D eigenvalue weighted by molar-refractivity contribution is 5.40. The SMILES string of the molecule is C=COOOC(CO/C=C\O)COCCCC(F)(OC(F)(/C(F)=C(F)/C(F)=C(F)/C(F)=C(F)/C(F)=C(\F)CF)C(F)(F)C(F)(F)F)C(F)(F)F. The Hall–Kier alpha value is -3.65. The molecule has 7 nitrogen and oxygen atoms in total. The van der Waals surface area contributed by atoms with Crippen LogP contribution in [-0.2, 0) is 29.0 Å². The number of aliphatic hydroxyl groups excluding tert-OH is 1. The van der Waals surface area contributed by atoms with Crippen LogP contribution in [0.1, 0.15) is 12.8 Å². The fraction of sp³-hybridized carbons (Fsp3) is 0.500. The molecule has 0 aromatic carbocycles. The number of allylic oxidation sites excluding steroid dienone is 7. The third-order valence-corrected chi connectivity index (χ3v) is 5.09. The molecular weight excluding hydrogens is 761 g/mol. The van der Waals surface area contributed by atoms with Crippen molar-refractivity contribution in [3.05, 3.63) is 72.0 Å². The van der Waals surface area contributed by atoms with Gasteiger partial charge in [0.1, 0.15) is 32.1 Å². The Morgan fingerprint density at radius 3 is 1.70 bits per heavy atom. The summed E-state index contributed by atoms with van der Waals surface area (Å²) in [6.07, 6.45) is -18.7. The van der Waals surface area contributed by atoms with Gasteiger partial charge in [-0.05, 0) is 11.5 Å². The van der Waals surface area contributed by atoms with E-state index in [0.29, 0.717) is 18.8 Å². The summed E-state index contributed by atoms with van der Waals surface area (Å²) in [7, 11) is 0. The summed E-state index contributed by atoms with van der Waals surface area (Å²) in [5.41, 5.74) is 0. The summed E-state index contributed by atoms with van der Waals surface area (Å²) >= 11 is 0. The maximum Gasteiger partial charge on any atom is 0.460 e. The predicted octanol–water partition coefficient (Wildman–Crippen LogP) is 9.90. The van der Waals surface area contributed by atoms with Gasteiger partial charge in [0.25, 0.3) is 0 Å². The van der Waals surface area contributed by atoms with Crippen LogP contribution in [0.15, 0.2) is 72.0 Å². The lowest BCUT2D eigenvalue weighted by Crippen LogP contribution is -2.61. The first-order valence-corrected chi connectivity index (χ1v) is 12.3. The van der Waals surface area contributed by atoms with Gasteiger partial charge in [0.2, 0.25) is 23.3 Å². The molecule has 0 saturated carbocycles. The Bertz CT molecular complexity index is 1290. The second kappa shape index (κ2) is 19.1. The van der Waals surface area contributed by atoms with E-state index in [1.807, 2.05) is 0 Å². The lowest BCUT2D eigenvalue weighted by molar-refractivity contribution is -0.508. The molecule has 0 bridgehead atoms. The summed E-state index contributed by atoms with van der Waals surface area (Å²) in [6, 6.07) is 0. The van der Waals surface area contributed by atoms with E-state index in [1.165, 1.54) is 0 Å². The summed E-state index contributed by atoms with van der Waals surface area (Å²) in [4.78, 5) is 8.58. The van der Waals surface area contributed by atoms with E-state index in [4.69, 9.17) is 9.84 Å². The first kappa shape index (κ1) is 46.4. The van der Waals surface area contributed by atoms with E-state index in [1.54, 1.807) is 0 Å². The van der Waals surface area contributed by atoms with E-state index in [0.717, 1.165) is 0 Å². The molecule has 3 atom stereocenters. The van der Waals surface area contributed by atoms with Crippen molar-refractivity contribution in [3.8, 4) is 0 Å². The Morgan fingerprint density at radius 1 is 0.720 bits per heavy atom. The van der Waals surface area contributed by atoms with Gasteiger partial charge in [-0.2, -0.15) is 44.4 Å². The molecule has 1 N–H and O–H groups in total. The number of hydrogen-bond donors (Lipinski definition) is 1. The minimum Gasteiger partial charge on any atom is -0.512 e. The summed E-state index contributed by atoms with van der Waals surface area (Å²) < 4.78 is 271. The zero-order chi connectivity index (χ0) is 39.3. The highest BCUT2D eigenvalue weighted by Crippen LogP contribution is 2.55. The molecule has 0 aliphatic rings. The molecule has 0 rings (SSSR count). The van der Waals surface area contributed by atoms with Crippen molar-refractivity contribution in [3.63, 3.8) is 0 Å². The Labute approximate surface area is 265 Å². The predicted molar refractivity (Wildman–Crippen MR) is 124 cm³/mol. The van der Waals surface area contributed by atoms with Gasteiger partial charge in [-0.3, -0.25) is 4.74 Å². The van der Waals surface area contributed by atoms with Crippen molar-refractivity contribution in [2.24, 2.45) is 0 Å². The zero-order valence-corrected chi connectivity index (χ0v) is 23.8. The van der Waals surface area contributed by atoms with Crippen LogP contribution < -0.4 is 0 Å². The van der Waals surface area contributed by atoms with Crippen LogP contribution in [0, 0.1) is 0 Å². The molecular formula is C24H19F19O7. The van der Waals surface area contributed by atoms with E-state index < -0.39 is 122 Å². The summed E-state index contributed by atoms with van der Waals surface area (Å²) in [5.74, 6) is -53.1. The second-order valence-electron chi connectivity index (χ2n) is 8.58. The molecule has 0 aliphatic carbocycles. The standard InChI is InChI=1S/C24H19F19O7/c1-2-47-50-48-11(10-46-7-5-44)9-45-6-3-4-20(34,23(38,39)40)49-21(35,22(36,37)24(41,42)43)19(33)18(32)17(31)16(30)15(29)14(28)13(27)12(26)8-25/h2,5,7,11,44H,1,3-4,6,8-10H2/b7-5-,13-12+,15-14+,17-16+,19-18+.